The van der Waals surface area contributed by atoms with E-state index in [2.05, 4.69) is 37.4 Å². The van der Waals surface area contributed by atoms with Gasteiger partial charge in [0.15, 0.2) is 0 Å². The van der Waals surface area contributed by atoms with Gasteiger partial charge in [0.1, 0.15) is 5.75 Å². The van der Waals surface area contributed by atoms with Crippen LogP contribution in [0.2, 0.25) is 0 Å². The number of allylic oxidation sites excluding steroid dienone is 1. The van der Waals surface area contributed by atoms with Gasteiger partial charge in [0, 0.05) is 0 Å². The molecule has 0 spiro atoms. The fourth-order valence-electron chi connectivity index (χ4n) is 1.58. The lowest BCUT2D eigenvalue weighted by atomic mass is 10.1. The highest BCUT2D eigenvalue weighted by Crippen LogP contribution is 2.18. The highest BCUT2D eigenvalue weighted by Gasteiger charge is 1.97. The molecule has 0 unspecified atom stereocenters. The van der Waals surface area contributed by atoms with Crippen LogP contribution in [0.1, 0.15) is 32.3 Å². The molecule has 0 amide bonds. The van der Waals surface area contributed by atoms with Crippen LogP contribution in [0.5, 0.6) is 5.75 Å². The molecule has 0 fully saturated rings. The number of hydrogen-bond donors (Lipinski definition) is 1. The molecule has 94 valence electrons. The van der Waals surface area contributed by atoms with E-state index in [9.17, 15) is 0 Å². The van der Waals surface area contributed by atoms with Crippen LogP contribution in [-0.2, 0) is 0 Å². The van der Waals surface area contributed by atoms with E-state index in [1.165, 1.54) is 11.1 Å². The third-order valence-electron chi connectivity index (χ3n) is 2.63. The molecule has 0 aliphatic carbocycles. The predicted octanol–water partition coefficient (Wildman–Crippen LogP) is 3.49. The number of hydrogen-bond acceptors (Lipinski definition) is 2. The minimum absolute atomic E-state index is 0.788. The number of rotatable bonds is 7. The largest absolute Gasteiger partial charge is 0.494 e. The maximum atomic E-state index is 5.56. The summed E-state index contributed by atoms with van der Waals surface area (Å²) in [6.45, 7) is 6.08. The SMILES string of the molecule is CCCOc1ccc(C(C)=CCCNC)cc1. The first kappa shape index (κ1) is 13.8. The average Bonchev–Trinajstić information content (AvgIpc) is 2.37. The van der Waals surface area contributed by atoms with Gasteiger partial charge in [0.2, 0.25) is 0 Å². The van der Waals surface area contributed by atoms with Crippen LogP contribution in [-0.4, -0.2) is 20.2 Å². The lowest BCUT2D eigenvalue weighted by Gasteiger charge is -2.06. The van der Waals surface area contributed by atoms with Gasteiger partial charge in [-0.2, -0.15) is 0 Å². The van der Waals surface area contributed by atoms with Crippen molar-refractivity contribution in [2.75, 3.05) is 20.2 Å². The smallest absolute Gasteiger partial charge is 0.119 e. The lowest BCUT2D eigenvalue weighted by Crippen LogP contribution is -2.05. The van der Waals surface area contributed by atoms with Gasteiger partial charge < -0.3 is 10.1 Å². The molecular weight excluding hydrogens is 210 g/mol. The zero-order chi connectivity index (χ0) is 12.5. The molecule has 0 radical (unpaired) electrons. The summed E-state index contributed by atoms with van der Waals surface area (Å²) in [5, 5.41) is 3.14. The maximum Gasteiger partial charge on any atom is 0.119 e. The van der Waals surface area contributed by atoms with Crippen LogP contribution in [0.15, 0.2) is 30.3 Å². The second kappa shape index (κ2) is 7.91. The van der Waals surface area contributed by atoms with E-state index >= 15 is 0 Å². The second-order valence-corrected chi connectivity index (χ2v) is 4.15. The third kappa shape index (κ3) is 5.05. The van der Waals surface area contributed by atoms with Gasteiger partial charge in [-0.05, 0) is 56.6 Å². The topological polar surface area (TPSA) is 21.3 Å². The Labute approximate surface area is 105 Å². The number of benzene rings is 1. The fourth-order valence-corrected chi connectivity index (χ4v) is 1.58. The van der Waals surface area contributed by atoms with Gasteiger partial charge in [-0.15, -0.1) is 0 Å². The van der Waals surface area contributed by atoms with E-state index in [0.29, 0.717) is 0 Å². The van der Waals surface area contributed by atoms with Crippen molar-refractivity contribution in [3.63, 3.8) is 0 Å². The molecule has 0 aliphatic heterocycles. The summed E-state index contributed by atoms with van der Waals surface area (Å²) in [5.74, 6) is 0.957. The Hall–Kier alpha value is -1.28. The first-order valence-corrected chi connectivity index (χ1v) is 6.32. The van der Waals surface area contributed by atoms with E-state index in [0.717, 1.165) is 31.7 Å². The zero-order valence-electron chi connectivity index (χ0n) is 11.1. The van der Waals surface area contributed by atoms with Crippen LogP contribution in [0.3, 0.4) is 0 Å². The molecule has 1 N–H and O–H groups in total. The van der Waals surface area contributed by atoms with Crippen LogP contribution >= 0.6 is 0 Å². The monoisotopic (exact) mass is 233 g/mol. The van der Waals surface area contributed by atoms with Crippen molar-refractivity contribution in [1.82, 2.24) is 5.32 Å². The molecular formula is C15H23NO. The van der Waals surface area contributed by atoms with Crippen LogP contribution in [0.25, 0.3) is 5.57 Å². The van der Waals surface area contributed by atoms with Gasteiger partial charge >= 0.3 is 0 Å². The first-order chi connectivity index (χ1) is 8.27. The summed E-state index contributed by atoms with van der Waals surface area (Å²) < 4.78 is 5.56. The summed E-state index contributed by atoms with van der Waals surface area (Å²) in [4.78, 5) is 0. The molecule has 2 nitrogen and oxygen atoms in total. The van der Waals surface area contributed by atoms with E-state index in [1.54, 1.807) is 0 Å². The third-order valence-corrected chi connectivity index (χ3v) is 2.63. The normalized spacial score (nSPS) is 11.6. The minimum atomic E-state index is 0.788. The van der Waals surface area contributed by atoms with Gasteiger partial charge in [0.25, 0.3) is 0 Å². The van der Waals surface area contributed by atoms with Crippen molar-refractivity contribution >= 4 is 5.57 Å². The van der Waals surface area contributed by atoms with Crippen molar-refractivity contribution in [3.05, 3.63) is 35.9 Å². The summed E-state index contributed by atoms with van der Waals surface area (Å²) >= 11 is 0. The van der Waals surface area contributed by atoms with E-state index in [1.807, 2.05) is 19.2 Å². The summed E-state index contributed by atoms with van der Waals surface area (Å²) in [6.07, 6.45) is 4.37. The van der Waals surface area contributed by atoms with Crippen LogP contribution < -0.4 is 10.1 Å². The quantitative estimate of drug-likeness (QED) is 0.728. The van der Waals surface area contributed by atoms with Crippen molar-refractivity contribution in [2.45, 2.75) is 26.7 Å². The van der Waals surface area contributed by atoms with E-state index in [4.69, 9.17) is 4.74 Å². The molecule has 0 bridgehead atoms. The van der Waals surface area contributed by atoms with Gasteiger partial charge in [0.05, 0.1) is 6.61 Å². The van der Waals surface area contributed by atoms with Crippen molar-refractivity contribution in [2.24, 2.45) is 0 Å². The Bertz CT molecular complexity index is 340. The van der Waals surface area contributed by atoms with Crippen LogP contribution in [0.4, 0.5) is 0 Å². The van der Waals surface area contributed by atoms with Gasteiger partial charge in [-0.1, -0.05) is 25.1 Å². The number of ether oxygens (including phenoxy) is 1. The molecule has 17 heavy (non-hydrogen) atoms. The molecule has 1 aromatic carbocycles. The highest BCUT2D eigenvalue weighted by molar-refractivity contribution is 5.64. The zero-order valence-corrected chi connectivity index (χ0v) is 11.1. The Balaban J connectivity index is 2.57. The first-order valence-electron chi connectivity index (χ1n) is 6.32. The van der Waals surface area contributed by atoms with Crippen molar-refractivity contribution in [1.29, 1.82) is 0 Å². The molecule has 0 aromatic heterocycles. The molecule has 0 saturated carbocycles. The van der Waals surface area contributed by atoms with E-state index in [-0.39, 0.29) is 0 Å². The Morgan fingerprint density at radius 2 is 2.00 bits per heavy atom. The molecule has 2 heteroatoms. The summed E-state index contributed by atoms with van der Waals surface area (Å²) in [6, 6.07) is 8.33. The highest BCUT2D eigenvalue weighted by atomic mass is 16.5. The van der Waals surface area contributed by atoms with Crippen LogP contribution in [0, 0.1) is 0 Å². The van der Waals surface area contributed by atoms with Gasteiger partial charge in [-0.25, -0.2) is 0 Å². The van der Waals surface area contributed by atoms with Crippen molar-refractivity contribution < 1.29 is 4.74 Å². The molecule has 0 saturated heterocycles. The molecule has 0 aliphatic rings. The second-order valence-electron chi connectivity index (χ2n) is 4.15. The maximum absolute atomic E-state index is 5.56. The van der Waals surface area contributed by atoms with E-state index < -0.39 is 0 Å². The molecule has 0 atom stereocenters. The Kier molecular flexibility index (Phi) is 6.41. The summed E-state index contributed by atoms with van der Waals surface area (Å²) in [7, 11) is 1.98. The Morgan fingerprint density at radius 1 is 1.29 bits per heavy atom. The Morgan fingerprint density at radius 3 is 2.59 bits per heavy atom. The number of nitrogens with one attached hydrogen (secondary N) is 1. The molecule has 1 aromatic rings. The fraction of sp³-hybridized carbons (Fsp3) is 0.467. The summed E-state index contributed by atoms with van der Waals surface area (Å²) in [5.41, 5.74) is 2.59. The van der Waals surface area contributed by atoms with Gasteiger partial charge in [-0.3, -0.25) is 0 Å². The molecule has 0 heterocycles. The predicted molar refractivity (Wildman–Crippen MR) is 74.4 cm³/mol. The minimum Gasteiger partial charge on any atom is -0.494 e. The molecule has 1 rings (SSSR count). The average molecular weight is 233 g/mol. The van der Waals surface area contributed by atoms with Crippen molar-refractivity contribution in [3.8, 4) is 5.75 Å². The lowest BCUT2D eigenvalue weighted by molar-refractivity contribution is 0.317. The standard InChI is InChI=1S/C15H23NO/c1-4-12-17-15-9-7-14(8-10-15)13(2)6-5-11-16-3/h6-10,16H,4-5,11-12H2,1-3H3.